The molecule has 4 nitrogen and oxygen atoms in total. The van der Waals surface area contributed by atoms with E-state index < -0.39 is 6.10 Å². The van der Waals surface area contributed by atoms with Crippen LogP contribution in [0.4, 0.5) is 0 Å². The van der Waals surface area contributed by atoms with Gasteiger partial charge < -0.3 is 19.9 Å². The van der Waals surface area contributed by atoms with Gasteiger partial charge in [-0.1, -0.05) is 0 Å². The van der Waals surface area contributed by atoms with Crippen molar-refractivity contribution in [2.24, 2.45) is 0 Å². The van der Waals surface area contributed by atoms with E-state index in [-0.39, 0.29) is 0 Å². The lowest BCUT2D eigenvalue weighted by molar-refractivity contribution is 0.171. The quantitative estimate of drug-likeness (QED) is 0.874. The lowest BCUT2D eigenvalue weighted by Crippen LogP contribution is -2.18. The standard InChI is InChI=1S/C12H18BrNO3/c1-7-5-9(16-3)12(17-4)10(11(7)13)8(15)6-14-2/h5,8,14-15H,6H2,1-4H3. The van der Waals surface area contributed by atoms with E-state index in [1.807, 2.05) is 13.0 Å². The Balaban J connectivity index is 3.37. The fourth-order valence-electron chi connectivity index (χ4n) is 1.73. The topological polar surface area (TPSA) is 50.7 Å². The monoisotopic (exact) mass is 303 g/mol. The number of hydrogen-bond donors (Lipinski definition) is 2. The number of benzene rings is 1. The molecule has 1 unspecified atom stereocenters. The zero-order valence-corrected chi connectivity index (χ0v) is 12.1. The van der Waals surface area contributed by atoms with Gasteiger partial charge in [0.05, 0.1) is 20.3 Å². The van der Waals surface area contributed by atoms with Gasteiger partial charge in [0.15, 0.2) is 11.5 Å². The Labute approximate surface area is 110 Å². The van der Waals surface area contributed by atoms with Gasteiger partial charge in [-0.15, -0.1) is 0 Å². The van der Waals surface area contributed by atoms with Crippen LogP contribution in [0.3, 0.4) is 0 Å². The summed E-state index contributed by atoms with van der Waals surface area (Å²) in [6.45, 7) is 2.39. The number of aliphatic hydroxyl groups excluding tert-OH is 1. The average molecular weight is 304 g/mol. The molecule has 0 fully saturated rings. The number of halogens is 1. The zero-order valence-electron chi connectivity index (χ0n) is 10.5. The van der Waals surface area contributed by atoms with Crippen molar-refractivity contribution >= 4 is 15.9 Å². The van der Waals surface area contributed by atoms with Crippen molar-refractivity contribution < 1.29 is 14.6 Å². The number of nitrogens with one attached hydrogen (secondary N) is 1. The maximum Gasteiger partial charge on any atom is 0.167 e. The van der Waals surface area contributed by atoms with E-state index in [1.165, 1.54) is 0 Å². The molecule has 0 saturated carbocycles. The van der Waals surface area contributed by atoms with Crippen LogP contribution in [0.25, 0.3) is 0 Å². The summed E-state index contributed by atoms with van der Waals surface area (Å²) >= 11 is 3.48. The lowest BCUT2D eigenvalue weighted by Gasteiger charge is -2.20. The van der Waals surface area contributed by atoms with Crippen molar-refractivity contribution in [1.82, 2.24) is 5.32 Å². The molecule has 17 heavy (non-hydrogen) atoms. The van der Waals surface area contributed by atoms with Crippen LogP contribution in [0.2, 0.25) is 0 Å². The second-order valence-corrected chi connectivity index (χ2v) is 4.52. The Morgan fingerprint density at radius 3 is 2.53 bits per heavy atom. The van der Waals surface area contributed by atoms with Crippen LogP contribution in [0.1, 0.15) is 17.2 Å². The van der Waals surface area contributed by atoms with Crippen LogP contribution in [-0.4, -0.2) is 32.9 Å². The SMILES string of the molecule is CNCC(O)c1c(Br)c(C)cc(OC)c1OC. The second kappa shape index (κ2) is 6.23. The summed E-state index contributed by atoms with van der Waals surface area (Å²) in [5.41, 5.74) is 1.70. The van der Waals surface area contributed by atoms with Crippen molar-refractivity contribution in [3.8, 4) is 11.5 Å². The van der Waals surface area contributed by atoms with Crippen LogP contribution in [0.15, 0.2) is 10.5 Å². The molecule has 0 bridgehead atoms. The van der Waals surface area contributed by atoms with Crippen LogP contribution >= 0.6 is 15.9 Å². The van der Waals surface area contributed by atoms with E-state index in [9.17, 15) is 5.11 Å². The van der Waals surface area contributed by atoms with Gasteiger partial charge in [-0.2, -0.15) is 0 Å². The molecule has 0 aliphatic carbocycles. The van der Waals surface area contributed by atoms with Crippen LogP contribution in [0.5, 0.6) is 11.5 Å². The van der Waals surface area contributed by atoms with Crippen molar-refractivity contribution in [2.45, 2.75) is 13.0 Å². The highest BCUT2D eigenvalue weighted by molar-refractivity contribution is 9.10. The van der Waals surface area contributed by atoms with Gasteiger partial charge in [0.2, 0.25) is 0 Å². The van der Waals surface area contributed by atoms with Crippen molar-refractivity contribution in [1.29, 1.82) is 0 Å². The van der Waals surface area contributed by atoms with Crippen LogP contribution in [-0.2, 0) is 0 Å². The van der Waals surface area contributed by atoms with Gasteiger partial charge >= 0.3 is 0 Å². The second-order valence-electron chi connectivity index (χ2n) is 3.73. The molecule has 5 heteroatoms. The zero-order chi connectivity index (χ0) is 13.0. The van der Waals surface area contributed by atoms with E-state index in [0.717, 1.165) is 10.0 Å². The molecule has 0 radical (unpaired) electrons. The molecule has 1 rings (SSSR count). The molecule has 0 heterocycles. The number of hydrogen-bond acceptors (Lipinski definition) is 4. The minimum atomic E-state index is -0.655. The molecule has 0 amide bonds. The normalized spacial score (nSPS) is 12.4. The molecule has 0 aliphatic rings. The van der Waals surface area contributed by atoms with Gasteiger partial charge in [0, 0.05) is 16.6 Å². The lowest BCUT2D eigenvalue weighted by atomic mass is 10.0. The summed E-state index contributed by atoms with van der Waals surface area (Å²) < 4.78 is 11.4. The van der Waals surface area contributed by atoms with Crippen molar-refractivity contribution in [3.05, 3.63) is 21.7 Å². The number of aryl methyl sites for hydroxylation is 1. The van der Waals surface area contributed by atoms with Crippen LogP contribution < -0.4 is 14.8 Å². The minimum Gasteiger partial charge on any atom is -0.493 e. The predicted molar refractivity (Wildman–Crippen MR) is 70.9 cm³/mol. The molecule has 1 atom stereocenters. The molecule has 1 aromatic carbocycles. The summed E-state index contributed by atoms with van der Waals surface area (Å²) in [6.07, 6.45) is -0.655. The predicted octanol–water partition coefficient (Wildman–Crippen LogP) is 2.03. The van der Waals surface area contributed by atoms with E-state index >= 15 is 0 Å². The Morgan fingerprint density at radius 2 is 2.06 bits per heavy atom. The number of aliphatic hydroxyl groups is 1. The summed E-state index contributed by atoms with van der Waals surface area (Å²) in [5, 5.41) is 13.1. The van der Waals surface area contributed by atoms with E-state index in [2.05, 4.69) is 21.2 Å². The van der Waals surface area contributed by atoms with Gasteiger partial charge in [-0.05, 0) is 41.5 Å². The molecule has 96 valence electrons. The highest BCUT2D eigenvalue weighted by atomic mass is 79.9. The summed E-state index contributed by atoms with van der Waals surface area (Å²) in [4.78, 5) is 0. The number of likely N-dealkylation sites (N-methyl/N-ethyl adjacent to an activating group) is 1. The molecule has 0 spiro atoms. The third-order valence-corrected chi connectivity index (χ3v) is 3.61. The van der Waals surface area contributed by atoms with Gasteiger partial charge in [0.1, 0.15) is 0 Å². The number of rotatable bonds is 5. The average Bonchev–Trinajstić information content (AvgIpc) is 2.31. The highest BCUT2D eigenvalue weighted by Crippen LogP contribution is 2.41. The van der Waals surface area contributed by atoms with E-state index in [1.54, 1.807) is 21.3 Å². The van der Waals surface area contributed by atoms with E-state index in [4.69, 9.17) is 9.47 Å². The highest BCUT2D eigenvalue weighted by Gasteiger charge is 2.22. The maximum absolute atomic E-state index is 10.1. The smallest absolute Gasteiger partial charge is 0.167 e. The molecular formula is C12H18BrNO3. The van der Waals surface area contributed by atoms with Gasteiger partial charge in [-0.3, -0.25) is 0 Å². The molecule has 1 aromatic rings. The van der Waals surface area contributed by atoms with E-state index in [0.29, 0.717) is 23.6 Å². The fourth-order valence-corrected chi connectivity index (χ4v) is 2.28. The van der Waals surface area contributed by atoms with Crippen molar-refractivity contribution in [3.63, 3.8) is 0 Å². The first-order valence-corrected chi connectivity index (χ1v) is 6.09. The Hall–Kier alpha value is -0.780. The molecule has 0 saturated heterocycles. The molecule has 0 aliphatic heterocycles. The first-order chi connectivity index (χ1) is 8.06. The summed E-state index contributed by atoms with van der Waals surface area (Å²) in [5.74, 6) is 1.19. The third kappa shape index (κ3) is 2.91. The maximum atomic E-state index is 10.1. The largest absolute Gasteiger partial charge is 0.493 e. The number of ether oxygens (including phenoxy) is 2. The van der Waals surface area contributed by atoms with Gasteiger partial charge in [-0.25, -0.2) is 0 Å². The molecule has 2 N–H and O–H groups in total. The summed E-state index contributed by atoms with van der Waals surface area (Å²) in [7, 11) is 4.94. The van der Waals surface area contributed by atoms with Crippen LogP contribution in [0, 0.1) is 6.92 Å². The Bertz CT molecular complexity index is 396. The molecular weight excluding hydrogens is 286 g/mol. The van der Waals surface area contributed by atoms with Gasteiger partial charge in [0.25, 0.3) is 0 Å². The fraction of sp³-hybridized carbons (Fsp3) is 0.500. The first kappa shape index (κ1) is 14.3. The minimum absolute atomic E-state index is 0.446. The van der Waals surface area contributed by atoms with Crippen molar-refractivity contribution in [2.75, 3.05) is 27.8 Å². The first-order valence-electron chi connectivity index (χ1n) is 5.30. The molecule has 0 aromatic heterocycles. The third-order valence-electron chi connectivity index (χ3n) is 2.55. The Morgan fingerprint density at radius 1 is 1.41 bits per heavy atom. The summed E-state index contributed by atoms with van der Waals surface area (Å²) in [6, 6.07) is 1.87. The Kier molecular flexibility index (Phi) is 5.24. The number of methoxy groups -OCH3 is 2.